The molecule has 91 valence electrons. The van der Waals surface area contributed by atoms with Gasteiger partial charge in [0.15, 0.2) is 0 Å². The number of carbonyl (C=O) groups is 2. The Bertz CT molecular complexity index is 401. The van der Waals surface area contributed by atoms with Gasteiger partial charge in [-0.1, -0.05) is 47.5 Å². The van der Waals surface area contributed by atoms with Gasteiger partial charge < -0.3 is 4.74 Å². The maximum atomic E-state index is 11.5. The summed E-state index contributed by atoms with van der Waals surface area (Å²) in [6, 6.07) is 7.34. The monoisotopic (exact) mass is 297 g/mol. The number of ether oxygens (including phenoxy) is 1. The number of halogens is 1. The minimum absolute atomic E-state index is 0.0904. The fourth-order valence-corrected chi connectivity index (χ4v) is 1.67. The average molecular weight is 298 g/mol. The molecule has 0 amide bonds. The second-order valence-corrected chi connectivity index (χ2v) is 4.41. The molecule has 0 N–H and O–H groups in total. The van der Waals surface area contributed by atoms with E-state index >= 15 is 0 Å². The molecule has 0 fully saturated rings. The minimum atomic E-state index is -0.566. The minimum Gasteiger partial charge on any atom is -0.393 e. The van der Waals surface area contributed by atoms with Gasteiger partial charge in [-0.3, -0.25) is 9.59 Å². The van der Waals surface area contributed by atoms with Crippen LogP contribution in [0.4, 0.5) is 0 Å². The zero-order valence-corrected chi connectivity index (χ0v) is 11.2. The highest BCUT2D eigenvalue weighted by Gasteiger charge is 2.12. The van der Waals surface area contributed by atoms with Gasteiger partial charge in [-0.05, 0) is 18.1 Å². The highest BCUT2D eigenvalue weighted by molar-refractivity contribution is 9.10. The number of benzene rings is 1. The maximum absolute atomic E-state index is 11.5. The third-order valence-electron chi connectivity index (χ3n) is 2.11. The molecular formula is C13H14BrO3. The summed E-state index contributed by atoms with van der Waals surface area (Å²) < 4.78 is 5.49. The van der Waals surface area contributed by atoms with Crippen molar-refractivity contribution in [3.05, 3.63) is 40.7 Å². The summed E-state index contributed by atoms with van der Waals surface area (Å²) in [5, 5.41) is 0. The number of carbonyl (C=O) groups excluding carboxylic acids is 2. The van der Waals surface area contributed by atoms with Gasteiger partial charge in [0.05, 0.1) is 12.8 Å². The molecule has 1 aromatic rings. The Kier molecular flexibility index (Phi) is 5.91. The predicted octanol–water partition coefficient (Wildman–Crippen LogP) is 3.07. The van der Waals surface area contributed by atoms with Crippen molar-refractivity contribution in [2.45, 2.75) is 26.2 Å². The highest BCUT2D eigenvalue weighted by atomic mass is 79.9. The number of hydrogen-bond acceptors (Lipinski definition) is 3. The normalized spacial score (nSPS) is 10.0. The van der Waals surface area contributed by atoms with E-state index in [1.165, 1.54) is 6.42 Å². The topological polar surface area (TPSA) is 43.4 Å². The smallest absolute Gasteiger partial charge is 0.317 e. The van der Waals surface area contributed by atoms with Gasteiger partial charge in [0.25, 0.3) is 0 Å². The molecule has 4 heteroatoms. The van der Waals surface area contributed by atoms with Crippen LogP contribution in [-0.2, 0) is 20.7 Å². The summed E-state index contributed by atoms with van der Waals surface area (Å²) >= 11 is 3.33. The lowest BCUT2D eigenvalue weighted by Gasteiger charge is -2.04. The molecule has 0 heterocycles. The molecule has 0 saturated carbocycles. The van der Waals surface area contributed by atoms with E-state index in [1.54, 1.807) is 0 Å². The summed E-state index contributed by atoms with van der Waals surface area (Å²) in [7, 11) is 0. The molecule has 1 aromatic carbocycles. The number of hydrogen-bond donors (Lipinski definition) is 0. The Balaban J connectivity index is 2.45. The van der Waals surface area contributed by atoms with Gasteiger partial charge in [0, 0.05) is 4.47 Å². The molecule has 0 aliphatic heterocycles. The van der Waals surface area contributed by atoms with E-state index in [2.05, 4.69) is 20.7 Å². The van der Waals surface area contributed by atoms with Crippen LogP contribution in [0.2, 0.25) is 0 Å². The third-order valence-corrected chi connectivity index (χ3v) is 2.88. The molecule has 3 nitrogen and oxygen atoms in total. The van der Waals surface area contributed by atoms with Crippen LogP contribution in [0.1, 0.15) is 25.3 Å². The Morgan fingerprint density at radius 1 is 1.35 bits per heavy atom. The molecule has 17 heavy (non-hydrogen) atoms. The van der Waals surface area contributed by atoms with E-state index < -0.39 is 11.9 Å². The van der Waals surface area contributed by atoms with Crippen molar-refractivity contribution in [3.63, 3.8) is 0 Å². The highest BCUT2D eigenvalue weighted by Crippen LogP contribution is 2.16. The van der Waals surface area contributed by atoms with Crippen molar-refractivity contribution in [1.82, 2.24) is 0 Å². The first-order valence-electron chi connectivity index (χ1n) is 5.44. The second kappa shape index (κ2) is 7.22. The van der Waals surface area contributed by atoms with Crippen LogP contribution >= 0.6 is 15.9 Å². The molecule has 0 saturated heterocycles. The molecule has 0 aliphatic carbocycles. The fraction of sp³-hybridized carbons (Fsp3) is 0.308. The van der Waals surface area contributed by atoms with Gasteiger partial charge in [-0.2, -0.15) is 0 Å². The van der Waals surface area contributed by atoms with Gasteiger partial charge in [0.2, 0.25) is 0 Å². The first-order valence-corrected chi connectivity index (χ1v) is 6.24. The second-order valence-electron chi connectivity index (χ2n) is 3.55. The molecule has 0 aromatic heterocycles. The number of unbranched alkanes of at least 4 members (excludes halogenated alkanes) is 1. The van der Waals surface area contributed by atoms with Crippen molar-refractivity contribution < 1.29 is 14.3 Å². The first kappa shape index (κ1) is 13.9. The summed E-state index contributed by atoms with van der Waals surface area (Å²) in [4.78, 5) is 22.6. The van der Waals surface area contributed by atoms with Crippen molar-refractivity contribution in [1.29, 1.82) is 0 Å². The molecule has 1 rings (SSSR count). The Morgan fingerprint density at radius 3 is 2.71 bits per heavy atom. The Morgan fingerprint density at radius 2 is 2.06 bits per heavy atom. The lowest BCUT2D eigenvalue weighted by Crippen LogP contribution is -2.14. The predicted molar refractivity (Wildman–Crippen MR) is 68.2 cm³/mol. The van der Waals surface area contributed by atoms with Crippen LogP contribution < -0.4 is 0 Å². The Hall–Kier alpha value is -1.16. The molecule has 0 atom stereocenters. The fourth-order valence-electron chi connectivity index (χ4n) is 1.25. The van der Waals surface area contributed by atoms with Crippen LogP contribution in [0.3, 0.4) is 0 Å². The summed E-state index contributed by atoms with van der Waals surface area (Å²) in [6.07, 6.45) is 2.96. The van der Waals surface area contributed by atoms with E-state index in [0.717, 1.165) is 16.5 Å². The van der Waals surface area contributed by atoms with Gasteiger partial charge >= 0.3 is 11.9 Å². The molecule has 0 unspecified atom stereocenters. The van der Waals surface area contributed by atoms with Gasteiger partial charge in [-0.25, -0.2) is 0 Å². The zero-order valence-electron chi connectivity index (χ0n) is 9.61. The van der Waals surface area contributed by atoms with Gasteiger partial charge in [0.1, 0.15) is 0 Å². The van der Waals surface area contributed by atoms with Crippen LogP contribution in [0.25, 0.3) is 0 Å². The van der Waals surface area contributed by atoms with E-state index in [4.69, 9.17) is 0 Å². The van der Waals surface area contributed by atoms with E-state index in [0.29, 0.717) is 6.42 Å². The number of rotatable bonds is 5. The molecule has 0 bridgehead atoms. The van der Waals surface area contributed by atoms with E-state index in [1.807, 2.05) is 31.2 Å². The lowest BCUT2D eigenvalue weighted by molar-refractivity contribution is -0.156. The van der Waals surface area contributed by atoms with Gasteiger partial charge in [-0.15, -0.1) is 0 Å². The summed E-state index contributed by atoms with van der Waals surface area (Å²) in [5.74, 6) is -1.10. The average Bonchev–Trinajstić information content (AvgIpc) is 2.29. The van der Waals surface area contributed by atoms with E-state index in [-0.39, 0.29) is 6.42 Å². The quantitative estimate of drug-likeness (QED) is 0.620. The van der Waals surface area contributed by atoms with E-state index in [9.17, 15) is 9.59 Å². The standard InChI is InChI=1S/C13H14BrO3/c1-2-3-8-12(15)17-13(16)9-10-6-4-5-7-11(10)14/h4-8H,2-3,9H2,1H3. The van der Waals surface area contributed by atoms with Crippen molar-refractivity contribution in [2.24, 2.45) is 0 Å². The summed E-state index contributed by atoms with van der Waals surface area (Å²) in [5.41, 5.74) is 0.806. The maximum Gasteiger partial charge on any atom is 0.317 e. The zero-order chi connectivity index (χ0) is 12.7. The lowest BCUT2D eigenvalue weighted by atomic mass is 10.1. The summed E-state index contributed by atoms with van der Waals surface area (Å²) in [6.45, 7) is 1.95. The SMILES string of the molecule is CCC[CH]C(=O)OC(=O)Cc1ccccc1Br. The number of esters is 2. The van der Waals surface area contributed by atoms with Crippen LogP contribution in [-0.4, -0.2) is 11.9 Å². The largest absolute Gasteiger partial charge is 0.393 e. The van der Waals surface area contributed by atoms with Crippen molar-refractivity contribution in [3.8, 4) is 0 Å². The molecule has 1 radical (unpaired) electrons. The van der Waals surface area contributed by atoms with Crippen molar-refractivity contribution in [2.75, 3.05) is 0 Å². The van der Waals surface area contributed by atoms with Crippen LogP contribution in [0.15, 0.2) is 28.7 Å². The Labute approximate surface area is 109 Å². The molecular weight excluding hydrogens is 284 g/mol. The van der Waals surface area contributed by atoms with Crippen molar-refractivity contribution >= 4 is 27.9 Å². The van der Waals surface area contributed by atoms with Crippen LogP contribution in [0.5, 0.6) is 0 Å². The molecule has 0 aliphatic rings. The third kappa shape index (κ3) is 5.13. The van der Waals surface area contributed by atoms with Crippen LogP contribution in [0, 0.1) is 6.42 Å². The molecule has 0 spiro atoms. The first-order chi connectivity index (χ1) is 8.13.